The van der Waals surface area contributed by atoms with E-state index in [1.165, 1.54) is 30.6 Å². The highest BCUT2D eigenvalue weighted by atomic mass is 32.2. The van der Waals surface area contributed by atoms with Crippen molar-refractivity contribution < 1.29 is 35.6 Å². The predicted octanol–water partition coefficient (Wildman–Crippen LogP) is 2.25. The van der Waals surface area contributed by atoms with Gasteiger partial charge >= 0.3 is 18.2 Å². The van der Waals surface area contributed by atoms with Gasteiger partial charge in [0.05, 0.1) is 11.9 Å². The fourth-order valence-electron chi connectivity index (χ4n) is 2.21. The zero-order valence-electron chi connectivity index (χ0n) is 15.5. The van der Waals surface area contributed by atoms with Gasteiger partial charge in [0, 0.05) is 11.8 Å². The van der Waals surface area contributed by atoms with E-state index in [1.807, 2.05) is 0 Å². The lowest BCUT2D eigenvalue weighted by atomic mass is 10.2. The fraction of sp³-hybridized carbons (Fsp3) is 0.188. The molecule has 3 aromatic rings. The molecular formula is C16H13F3N6O5S. The third kappa shape index (κ3) is 5.52. The quantitative estimate of drug-likeness (QED) is 0.583. The molecule has 3 heterocycles. The van der Waals surface area contributed by atoms with Crippen LogP contribution >= 0.6 is 0 Å². The van der Waals surface area contributed by atoms with E-state index in [0.717, 1.165) is 0 Å². The molecule has 3 aromatic heterocycles. The number of carbonyl (C=O) groups is 1. The van der Waals surface area contributed by atoms with Gasteiger partial charge in [-0.2, -0.15) is 18.2 Å². The fourth-order valence-corrected chi connectivity index (χ4v) is 2.67. The van der Waals surface area contributed by atoms with E-state index in [0.29, 0.717) is 11.1 Å². The summed E-state index contributed by atoms with van der Waals surface area (Å²) in [5.41, 5.74) is 1.09. The zero-order valence-corrected chi connectivity index (χ0v) is 16.4. The van der Waals surface area contributed by atoms with Crippen LogP contribution in [0.25, 0.3) is 11.5 Å². The summed E-state index contributed by atoms with van der Waals surface area (Å²) in [6, 6.07) is 3.90. The number of pyridine rings is 2. The van der Waals surface area contributed by atoms with Crippen LogP contribution in [0.4, 0.5) is 23.7 Å². The first kappa shape index (κ1) is 22.1. The molecule has 164 valence electrons. The van der Waals surface area contributed by atoms with Crippen LogP contribution < -0.4 is 10.5 Å². The molecule has 0 radical (unpaired) electrons. The standard InChI is InChI=1S/C16H13F3N6O5S/c1-8-4-10(13-24-14(30-25-13)16(17,18)19)21-6-11(8)23-15(26)29-7-9-2-3-12(22-5-9)31(20,27)28/h2-6H,7H2,1H3,(H,23,26)(H2,20,27,28). The second-order valence-corrected chi connectivity index (χ2v) is 7.56. The number of nitrogens with one attached hydrogen (secondary N) is 1. The molecule has 0 aliphatic heterocycles. The Labute approximate surface area is 172 Å². The van der Waals surface area contributed by atoms with Gasteiger partial charge in [0.1, 0.15) is 12.3 Å². The molecular weight excluding hydrogens is 445 g/mol. The summed E-state index contributed by atoms with van der Waals surface area (Å²) in [7, 11) is -3.93. The molecule has 0 saturated heterocycles. The number of primary sulfonamides is 1. The van der Waals surface area contributed by atoms with E-state index in [1.54, 1.807) is 6.92 Å². The minimum Gasteiger partial charge on any atom is -0.444 e. The summed E-state index contributed by atoms with van der Waals surface area (Å²) in [6.07, 6.45) is -3.25. The number of hydrogen-bond donors (Lipinski definition) is 2. The van der Waals surface area contributed by atoms with Crippen LogP contribution in [0.2, 0.25) is 0 Å². The molecule has 0 aliphatic rings. The van der Waals surface area contributed by atoms with Crippen molar-refractivity contribution in [1.82, 2.24) is 20.1 Å². The first-order chi connectivity index (χ1) is 14.4. The van der Waals surface area contributed by atoms with Crippen LogP contribution in [0.15, 0.2) is 40.1 Å². The van der Waals surface area contributed by atoms with Gasteiger partial charge in [0.15, 0.2) is 5.03 Å². The van der Waals surface area contributed by atoms with Crippen molar-refractivity contribution in [3.05, 3.63) is 47.6 Å². The molecule has 0 saturated carbocycles. The average molecular weight is 458 g/mol. The maximum absolute atomic E-state index is 12.6. The first-order valence-corrected chi connectivity index (χ1v) is 9.77. The molecule has 15 heteroatoms. The third-order valence-electron chi connectivity index (χ3n) is 3.70. The summed E-state index contributed by atoms with van der Waals surface area (Å²) in [5.74, 6) is -1.86. The number of ether oxygens (including phenoxy) is 1. The van der Waals surface area contributed by atoms with E-state index < -0.39 is 28.2 Å². The van der Waals surface area contributed by atoms with Crippen molar-refractivity contribution in [3.63, 3.8) is 0 Å². The van der Waals surface area contributed by atoms with Crippen molar-refractivity contribution in [2.75, 3.05) is 5.32 Å². The first-order valence-electron chi connectivity index (χ1n) is 8.23. The summed E-state index contributed by atoms with van der Waals surface area (Å²) < 4.78 is 69.1. The molecule has 0 aromatic carbocycles. The maximum Gasteiger partial charge on any atom is 0.471 e. The second-order valence-electron chi connectivity index (χ2n) is 6.06. The molecule has 0 unspecified atom stereocenters. The molecule has 0 fully saturated rings. The number of hydrogen-bond acceptors (Lipinski definition) is 9. The van der Waals surface area contributed by atoms with Crippen LogP contribution in [0.3, 0.4) is 0 Å². The molecule has 11 nitrogen and oxygen atoms in total. The summed E-state index contributed by atoms with van der Waals surface area (Å²) in [5, 5.41) is 10.3. The minimum atomic E-state index is -4.78. The van der Waals surface area contributed by atoms with Gasteiger partial charge in [-0.05, 0) is 24.6 Å². The topological polar surface area (TPSA) is 163 Å². The lowest BCUT2D eigenvalue weighted by Gasteiger charge is -2.09. The Hall–Kier alpha value is -3.59. The highest BCUT2D eigenvalue weighted by Gasteiger charge is 2.38. The molecule has 3 rings (SSSR count). The number of sulfonamides is 1. The van der Waals surface area contributed by atoms with E-state index in [9.17, 15) is 26.4 Å². The van der Waals surface area contributed by atoms with Gasteiger partial charge in [-0.3, -0.25) is 10.3 Å². The number of anilines is 1. The summed E-state index contributed by atoms with van der Waals surface area (Å²) in [4.78, 5) is 22.8. The molecule has 3 N–H and O–H groups in total. The molecule has 31 heavy (non-hydrogen) atoms. The van der Waals surface area contributed by atoms with Crippen molar-refractivity contribution in [2.45, 2.75) is 24.7 Å². The van der Waals surface area contributed by atoms with Crippen molar-refractivity contribution in [1.29, 1.82) is 0 Å². The number of rotatable bonds is 5. The summed E-state index contributed by atoms with van der Waals surface area (Å²) in [6.45, 7) is 1.36. The number of aromatic nitrogens is 4. The Morgan fingerprint density at radius 1 is 1.26 bits per heavy atom. The van der Waals surface area contributed by atoms with E-state index >= 15 is 0 Å². The van der Waals surface area contributed by atoms with Crippen LogP contribution in [0.1, 0.15) is 17.0 Å². The van der Waals surface area contributed by atoms with Crippen LogP contribution in [0.5, 0.6) is 0 Å². The number of halogens is 3. The maximum atomic E-state index is 12.6. The van der Waals surface area contributed by atoms with Gasteiger partial charge in [0.2, 0.25) is 5.82 Å². The average Bonchev–Trinajstić information content (AvgIpc) is 3.18. The zero-order chi connectivity index (χ0) is 22.8. The number of nitrogens with two attached hydrogens (primary N) is 1. The molecule has 0 spiro atoms. The largest absolute Gasteiger partial charge is 0.471 e. The highest BCUT2D eigenvalue weighted by molar-refractivity contribution is 7.89. The normalized spacial score (nSPS) is 11.9. The van der Waals surface area contributed by atoms with Gasteiger partial charge < -0.3 is 9.26 Å². The Morgan fingerprint density at radius 3 is 2.55 bits per heavy atom. The number of carbonyl (C=O) groups excluding carboxylic acids is 1. The predicted molar refractivity (Wildman–Crippen MR) is 96.7 cm³/mol. The van der Waals surface area contributed by atoms with Crippen LogP contribution in [0, 0.1) is 6.92 Å². The Morgan fingerprint density at radius 2 is 2.00 bits per heavy atom. The van der Waals surface area contributed by atoms with Gasteiger partial charge in [-0.1, -0.05) is 11.2 Å². The lowest BCUT2D eigenvalue weighted by Crippen LogP contribution is -2.15. The number of alkyl halides is 3. The Kier molecular flexibility index (Phi) is 5.90. The number of nitrogens with zero attached hydrogens (tertiary/aromatic N) is 4. The van der Waals surface area contributed by atoms with Crippen molar-refractivity contribution in [3.8, 4) is 11.5 Å². The number of amides is 1. The van der Waals surface area contributed by atoms with Gasteiger partial charge in [-0.15, -0.1) is 0 Å². The highest BCUT2D eigenvalue weighted by Crippen LogP contribution is 2.29. The molecule has 0 aliphatic carbocycles. The molecule has 0 bridgehead atoms. The van der Waals surface area contributed by atoms with Crippen molar-refractivity contribution in [2.24, 2.45) is 5.14 Å². The summed E-state index contributed by atoms with van der Waals surface area (Å²) >= 11 is 0. The monoisotopic (exact) mass is 458 g/mol. The SMILES string of the molecule is Cc1cc(-c2noc(C(F)(F)F)n2)ncc1NC(=O)OCc1ccc(S(N)(=O)=O)nc1. The molecule has 0 atom stereocenters. The van der Waals surface area contributed by atoms with E-state index in [2.05, 4.69) is 29.9 Å². The van der Waals surface area contributed by atoms with Crippen LogP contribution in [-0.2, 0) is 27.5 Å². The van der Waals surface area contributed by atoms with Gasteiger partial charge in [0.25, 0.3) is 10.0 Å². The number of aryl methyl sites for hydroxylation is 1. The second kappa shape index (κ2) is 8.27. The van der Waals surface area contributed by atoms with E-state index in [-0.39, 0.29) is 28.8 Å². The minimum absolute atomic E-state index is 0.0108. The van der Waals surface area contributed by atoms with Crippen molar-refractivity contribution >= 4 is 21.8 Å². The third-order valence-corrected chi connectivity index (χ3v) is 4.53. The van der Waals surface area contributed by atoms with E-state index in [4.69, 9.17) is 9.88 Å². The Balaban J connectivity index is 1.62. The lowest BCUT2D eigenvalue weighted by molar-refractivity contribution is -0.159. The Bertz CT molecular complexity index is 1210. The molecule has 1 amide bonds. The van der Waals surface area contributed by atoms with Gasteiger partial charge in [-0.25, -0.2) is 23.3 Å². The smallest absolute Gasteiger partial charge is 0.444 e. The van der Waals surface area contributed by atoms with Crippen LogP contribution in [-0.4, -0.2) is 34.6 Å².